The fraction of sp³-hybridized carbons (Fsp3) is 0.625. The molecule has 1 unspecified atom stereocenters. The van der Waals surface area contributed by atoms with Crippen molar-refractivity contribution in [2.24, 2.45) is 11.7 Å². The summed E-state index contributed by atoms with van der Waals surface area (Å²) in [6, 6.07) is 4.34. The molecule has 0 radical (unpaired) electrons. The predicted molar refractivity (Wildman–Crippen MR) is 83.2 cm³/mol. The van der Waals surface area contributed by atoms with E-state index in [9.17, 15) is 0 Å². The van der Waals surface area contributed by atoms with Gasteiger partial charge in [0.05, 0.1) is 11.4 Å². The standard InChI is InChI=1S/C16H24N2S/c1-2-14-5-4-11-18(12-9-14)13-16-8-7-15(19-16)6-3-10-17/h7-8,14H,2,4-5,9-13,17H2,1H3. The monoisotopic (exact) mass is 276 g/mol. The summed E-state index contributed by atoms with van der Waals surface area (Å²) >= 11 is 1.81. The van der Waals surface area contributed by atoms with Gasteiger partial charge in [0.2, 0.25) is 0 Å². The Morgan fingerprint density at radius 2 is 2.26 bits per heavy atom. The number of thiophene rings is 1. The lowest BCUT2D eigenvalue weighted by molar-refractivity contribution is 0.274. The van der Waals surface area contributed by atoms with Crippen LogP contribution < -0.4 is 5.73 Å². The molecule has 19 heavy (non-hydrogen) atoms. The molecule has 1 aromatic rings. The highest BCUT2D eigenvalue weighted by atomic mass is 32.1. The first kappa shape index (κ1) is 14.6. The van der Waals surface area contributed by atoms with Gasteiger partial charge in [-0.3, -0.25) is 4.90 Å². The van der Waals surface area contributed by atoms with E-state index in [0.717, 1.165) is 17.3 Å². The van der Waals surface area contributed by atoms with Gasteiger partial charge in [-0.1, -0.05) is 25.2 Å². The van der Waals surface area contributed by atoms with Gasteiger partial charge in [-0.05, 0) is 50.4 Å². The van der Waals surface area contributed by atoms with Gasteiger partial charge in [0.1, 0.15) is 0 Å². The number of rotatable bonds is 3. The van der Waals surface area contributed by atoms with Crippen molar-refractivity contribution in [3.63, 3.8) is 0 Å². The molecule has 2 nitrogen and oxygen atoms in total. The van der Waals surface area contributed by atoms with Crippen molar-refractivity contribution in [3.05, 3.63) is 21.9 Å². The quantitative estimate of drug-likeness (QED) is 0.860. The van der Waals surface area contributed by atoms with Gasteiger partial charge in [-0.15, -0.1) is 11.3 Å². The first-order valence-electron chi connectivity index (χ1n) is 7.31. The van der Waals surface area contributed by atoms with Crippen LogP contribution in [0.1, 0.15) is 42.4 Å². The van der Waals surface area contributed by atoms with Crippen LogP contribution in [0.25, 0.3) is 0 Å². The summed E-state index contributed by atoms with van der Waals surface area (Å²) in [6.07, 6.45) is 5.46. The van der Waals surface area contributed by atoms with E-state index in [1.54, 1.807) is 0 Å². The van der Waals surface area contributed by atoms with Crippen molar-refractivity contribution < 1.29 is 0 Å². The molecule has 0 saturated carbocycles. The van der Waals surface area contributed by atoms with Crippen LogP contribution in [0, 0.1) is 17.8 Å². The van der Waals surface area contributed by atoms with Crippen molar-refractivity contribution in [2.45, 2.75) is 39.2 Å². The highest BCUT2D eigenvalue weighted by Gasteiger charge is 2.16. The molecule has 1 aliphatic heterocycles. The SMILES string of the molecule is CCC1CCCN(Cc2ccc(C#CCN)s2)CC1. The van der Waals surface area contributed by atoms with E-state index < -0.39 is 0 Å². The van der Waals surface area contributed by atoms with E-state index in [4.69, 9.17) is 5.73 Å². The lowest BCUT2D eigenvalue weighted by atomic mass is 9.98. The number of hydrogen-bond acceptors (Lipinski definition) is 3. The van der Waals surface area contributed by atoms with Gasteiger partial charge in [0.15, 0.2) is 0 Å². The molecule has 0 spiro atoms. The zero-order valence-electron chi connectivity index (χ0n) is 11.8. The van der Waals surface area contributed by atoms with E-state index in [-0.39, 0.29) is 0 Å². The Kier molecular flexibility index (Phi) is 5.91. The van der Waals surface area contributed by atoms with Crippen molar-refractivity contribution in [2.75, 3.05) is 19.6 Å². The Balaban J connectivity index is 1.88. The molecule has 1 aromatic heterocycles. The first-order valence-corrected chi connectivity index (χ1v) is 8.13. The smallest absolute Gasteiger partial charge is 0.0772 e. The maximum atomic E-state index is 5.40. The lowest BCUT2D eigenvalue weighted by Crippen LogP contribution is -2.23. The third-order valence-electron chi connectivity index (χ3n) is 3.87. The van der Waals surface area contributed by atoms with Crippen LogP contribution in [0.3, 0.4) is 0 Å². The van der Waals surface area contributed by atoms with Crippen molar-refractivity contribution >= 4 is 11.3 Å². The first-order chi connectivity index (χ1) is 9.31. The normalized spacial score (nSPS) is 20.6. The second kappa shape index (κ2) is 7.69. The number of nitrogens with zero attached hydrogens (tertiary/aromatic N) is 1. The molecule has 1 aliphatic rings. The molecule has 0 bridgehead atoms. The van der Waals surface area contributed by atoms with Crippen LogP contribution in [0.2, 0.25) is 0 Å². The summed E-state index contributed by atoms with van der Waals surface area (Å²) in [6.45, 7) is 6.35. The Labute approximate surface area is 121 Å². The fourth-order valence-corrected chi connectivity index (χ4v) is 3.60. The zero-order valence-corrected chi connectivity index (χ0v) is 12.6. The minimum Gasteiger partial charge on any atom is -0.320 e. The van der Waals surface area contributed by atoms with Crippen LogP contribution in [-0.4, -0.2) is 24.5 Å². The van der Waals surface area contributed by atoms with E-state index in [2.05, 4.69) is 35.8 Å². The average Bonchev–Trinajstić information content (AvgIpc) is 2.74. The molecule has 0 amide bonds. The van der Waals surface area contributed by atoms with Crippen molar-refractivity contribution in [1.82, 2.24) is 4.90 Å². The minimum absolute atomic E-state index is 0.442. The summed E-state index contributed by atoms with van der Waals surface area (Å²) in [5, 5.41) is 0. The second-order valence-electron chi connectivity index (χ2n) is 5.25. The van der Waals surface area contributed by atoms with Crippen LogP contribution in [0.5, 0.6) is 0 Å². The molecule has 2 heterocycles. The molecule has 104 valence electrons. The Bertz CT molecular complexity index is 441. The van der Waals surface area contributed by atoms with E-state index in [0.29, 0.717) is 6.54 Å². The van der Waals surface area contributed by atoms with Gasteiger partial charge in [0.25, 0.3) is 0 Å². The van der Waals surface area contributed by atoms with Gasteiger partial charge >= 0.3 is 0 Å². The summed E-state index contributed by atoms with van der Waals surface area (Å²) in [5.41, 5.74) is 5.40. The molecular formula is C16H24N2S. The number of likely N-dealkylation sites (tertiary alicyclic amines) is 1. The highest BCUT2D eigenvalue weighted by Crippen LogP contribution is 2.23. The van der Waals surface area contributed by atoms with E-state index in [1.807, 2.05) is 11.3 Å². The largest absolute Gasteiger partial charge is 0.320 e. The molecule has 2 rings (SSSR count). The highest BCUT2D eigenvalue weighted by molar-refractivity contribution is 7.12. The number of hydrogen-bond donors (Lipinski definition) is 1. The molecule has 1 fully saturated rings. The van der Waals surface area contributed by atoms with Crippen LogP contribution in [0.4, 0.5) is 0 Å². The van der Waals surface area contributed by atoms with E-state index in [1.165, 1.54) is 43.6 Å². The topological polar surface area (TPSA) is 29.3 Å². The minimum atomic E-state index is 0.442. The number of nitrogens with two attached hydrogens (primary N) is 1. The average molecular weight is 276 g/mol. The van der Waals surface area contributed by atoms with Crippen LogP contribution in [-0.2, 0) is 6.54 Å². The van der Waals surface area contributed by atoms with Crippen LogP contribution >= 0.6 is 11.3 Å². The van der Waals surface area contributed by atoms with Crippen molar-refractivity contribution in [3.8, 4) is 11.8 Å². The summed E-state index contributed by atoms with van der Waals surface area (Å²) < 4.78 is 0. The molecule has 3 heteroatoms. The van der Waals surface area contributed by atoms with E-state index >= 15 is 0 Å². The maximum absolute atomic E-state index is 5.40. The summed E-state index contributed by atoms with van der Waals surface area (Å²) in [7, 11) is 0. The zero-order chi connectivity index (χ0) is 13.5. The van der Waals surface area contributed by atoms with Crippen molar-refractivity contribution in [1.29, 1.82) is 0 Å². The summed E-state index contributed by atoms with van der Waals surface area (Å²) in [5.74, 6) is 6.98. The molecule has 1 atom stereocenters. The predicted octanol–water partition coefficient (Wildman–Crippen LogP) is 3.07. The molecule has 2 N–H and O–H groups in total. The molecule has 1 saturated heterocycles. The maximum Gasteiger partial charge on any atom is 0.0772 e. The lowest BCUT2D eigenvalue weighted by Gasteiger charge is -2.18. The van der Waals surface area contributed by atoms with Gasteiger partial charge in [-0.2, -0.15) is 0 Å². The fourth-order valence-electron chi connectivity index (χ4n) is 2.68. The second-order valence-corrected chi connectivity index (χ2v) is 6.42. The molecule has 0 aromatic carbocycles. The van der Waals surface area contributed by atoms with Gasteiger partial charge < -0.3 is 5.73 Å². The van der Waals surface area contributed by atoms with Crippen LogP contribution in [0.15, 0.2) is 12.1 Å². The van der Waals surface area contributed by atoms with Gasteiger partial charge in [-0.25, -0.2) is 0 Å². The third kappa shape index (κ3) is 4.65. The van der Waals surface area contributed by atoms with Gasteiger partial charge in [0, 0.05) is 11.4 Å². The Hall–Kier alpha value is -0.820. The summed E-state index contributed by atoms with van der Waals surface area (Å²) in [4.78, 5) is 5.17. The Morgan fingerprint density at radius 1 is 1.37 bits per heavy atom. The third-order valence-corrected chi connectivity index (χ3v) is 4.86. The molecular weight excluding hydrogens is 252 g/mol. The molecule has 0 aliphatic carbocycles. The Morgan fingerprint density at radius 3 is 3.05 bits per heavy atom.